The summed E-state index contributed by atoms with van der Waals surface area (Å²) >= 11 is 0. The number of amides is 1. The van der Waals surface area contributed by atoms with Crippen molar-refractivity contribution in [2.75, 3.05) is 13.2 Å². The van der Waals surface area contributed by atoms with Gasteiger partial charge in [0, 0.05) is 22.3 Å². The lowest BCUT2D eigenvalue weighted by molar-refractivity contribution is -0.763. The first-order chi connectivity index (χ1) is 21.6. The van der Waals surface area contributed by atoms with E-state index in [1.54, 1.807) is 13.0 Å². The number of benzene rings is 1. The van der Waals surface area contributed by atoms with E-state index < -0.39 is 88.8 Å². The minimum absolute atomic E-state index is 0.0425. The summed E-state index contributed by atoms with van der Waals surface area (Å²) in [5, 5.41) is 45.8. The molecule has 0 heterocycles. The summed E-state index contributed by atoms with van der Waals surface area (Å²) in [5.74, 6) is -3.96. The maximum absolute atomic E-state index is 17.2. The van der Waals surface area contributed by atoms with Crippen LogP contribution in [-0.2, 0) is 30.6 Å². The average molecular weight is 647 g/mol. The van der Waals surface area contributed by atoms with Gasteiger partial charge in [-0.1, -0.05) is 36.8 Å². The quantitative estimate of drug-likeness (QED) is 0.131. The van der Waals surface area contributed by atoms with Gasteiger partial charge in [-0.2, -0.15) is 0 Å². The number of carbonyl (C=O) groups is 4. The Kier molecular flexibility index (Phi) is 8.55. The van der Waals surface area contributed by atoms with Crippen LogP contribution in [-0.4, -0.2) is 80.7 Å². The smallest absolute Gasteiger partial charge is 0.408 e. The molecule has 4 N–H and O–H groups in total. The molecule has 0 radical (unpaired) electrons. The zero-order valence-corrected chi connectivity index (χ0v) is 25.1. The van der Waals surface area contributed by atoms with Crippen molar-refractivity contribution in [3.05, 3.63) is 63.7 Å². The van der Waals surface area contributed by atoms with E-state index in [1.165, 1.54) is 43.4 Å². The number of para-hydroxylation sites is 1. The Morgan fingerprint density at radius 3 is 2.59 bits per heavy atom. The molecular formula is C31H35FN2O12. The van der Waals surface area contributed by atoms with Crippen molar-refractivity contribution in [2.45, 2.75) is 69.6 Å². The predicted octanol–water partition coefficient (Wildman–Crippen LogP) is 1.67. The number of nitrogens with zero attached hydrogens (tertiary/aromatic N) is 1. The number of Topliss-reactive ketones (excluding diaryl/α,β-unsaturated/α-hetero) is 1. The fourth-order valence-corrected chi connectivity index (χ4v) is 8.17. The van der Waals surface area contributed by atoms with Crippen molar-refractivity contribution >= 4 is 23.6 Å². The van der Waals surface area contributed by atoms with E-state index in [9.17, 15) is 44.6 Å². The Morgan fingerprint density at radius 1 is 1.15 bits per heavy atom. The highest BCUT2D eigenvalue weighted by molar-refractivity contribution is 6.01. The number of hydrogen-bond acceptors (Lipinski definition) is 12. The molecule has 0 aliphatic heterocycles. The molecule has 46 heavy (non-hydrogen) atoms. The first-order valence-electron chi connectivity index (χ1n) is 14.8. The molecule has 4 aliphatic carbocycles. The summed E-state index contributed by atoms with van der Waals surface area (Å²) in [7, 11) is 0. The summed E-state index contributed by atoms with van der Waals surface area (Å²) in [6.45, 7) is 0.921. The normalized spacial score (nSPS) is 36.0. The van der Waals surface area contributed by atoms with Gasteiger partial charge in [-0.25, -0.2) is 14.0 Å². The number of hydrogen-bond donors (Lipinski definition) is 4. The number of rotatable bonds is 9. The number of carbonyl (C=O) groups excluding carboxylic acids is 4. The molecule has 0 aromatic heterocycles. The second-order valence-electron chi connectivity index (χ2n) is 12.7. The highest BCUT2D eigenvalue weighted by Crippen LogP contribution is 2.69. The van der Waals surface area contributed by atoms with Crippen LogP contribution in [0.4, 0.5) is 9.18 Å². The topological polar surface area (TPSA) is 212 Å². The highest BCUT2D eigenvalue weighted by Gasteiger charge is 2.76. The Balaban J connectivity index is 1.22. The molecule has 5 rings (SSSR count). The van der Waals surface area contributed by atoms with Gasteiger partial charge in [-0.3, -0.25) is 9.59 Å². The molecule has 1 amide bonds. The summed E-state index contributed by atoms with van der Waals surface area (Å²) in [4.78, 5) is 64.8. The van der Waals surface area contributed by atoms with Crippen molar-refractivity contribution in [1.82, 2.24) is 5.32 Å². The third-order valence-corrected chi connectivity index (χ3v) is 10.5. The van der Waals surface area contributed by atoms with E-state index in [1.807, 2.05) is 0 Å². The molecule has 4 aliphatic rings. The molecule has 0 saturated heterocycles. The lowest BCUT2D eigenvalue weighted by Crippen LogP contribution is -2.69. The maximum atomic E-state index is 17.2. The molecule has 15 heteroatoms. The van der Waals surface area contributed by atoms with Gasteiger partial charge >= 0.3 is 12.1 Å². The Bertz CT molecular complexity index is 1530. The van der Waals surface area contributed by atoms with Crippen molar-refractivity contribution < 1.29 is 58.3 Å². The van der Waals surface area contributed by atoms with Crippen LogP contribution in [0, 0.1) is 32.8 Å². The molecule has 1 aromatic carbocycles. The van der Waals surface area contributed by atoms with Crippen LogP contribution in [0.1, 0.15) is 45.1 Å². The van der Waals surface area contributed by atoms with Gasteiger partial charge in [0.25, 0.3) is 5.09 Å². The molecule has 1 aromatic rings. The van der Waals surface area contributed by atoms with Gasteiger partial charge < -0.3 is 34.9 Å². The number of ketones is 2. The highest BCUT2D eigenvalue weighted by atomic mass is 19.1. The molecule has 0 unspecified atom stereocenters. The molecule has 0 spiro atoms. The first-order valence-corrected chi connectivity index (χ1v) is 14.8. The van der Waals surface area contributed by atoms with Crippen LogP contribution in [0.5, 0.6) is 5.75 Å². The summed E-state index contributed by atoms with van der Waals surface area (Å²) in [5.41, 5.74) is -6.78. The van der Waals surface area contributed by atoms with Crippen LogP contribution in [0.3, 0.4) is 0 Å². The number of fused-ring (bicyclic) bond motifs is 5. The fraction of sp³-hybridized carbons (Fsp3) is 0.548. The molecule has 248 valence electrons. The minimum Gasteiger partial charge on any atom is -0.441 e. The van der Waals surface area contributed by atoms with E-state index in [0.29, 0.717) is 12.0 Å². The molecule has 8 atom stereocenters. The molecule has 3 fully saturated rings. The molecular weight excluding hydrogens is 611 g/mol. The lowest BCUT2D eigenvalue weighted by atomic mass is 9.44. The van der Waals surface area contributed by atoms with E-state index in [0.717, 1.165) is 0 Å². The molecule has 14 nitrogen and oxygen atoms in total. The van der Waals surface area contributed by atoms with Crippen LogP contribution < -0.4 is 10.1 Å². The second-order valence-corrected chi connectivity index (χ2v) is 12.7. The number of halogens is 1. The number of nitrogens with one attached hydrogen (secondary N) is 1. The van der Waals surface area contributed by atoms with Crippen molar-refractivity contribution in [3.8, 4) is 5.75 Å². The number of ether oxygens (including phenoxy) is 2. The van der Waals surface area contributed by atoms with Crippen molar-refractivity contribution in [2.24, 2.45) is 22.7 Å². The van der Waals surface area contributed by atoms with Crippen LogP contribution >= 0.6 is 0 Å². The van der Waals surface area contributed by atoms with Gasteiger partial charge in [0.1, 0.15) is 18.9 Å². The van der Waals surface area contributed by atoms with Crippen molar-refractivity contribution in [1.29, 1.82) is 0 Å². The third-order valence-electron chi connectivity index (χ3n) is 10.5. The number of alkyl halides is 1. The fourth-order valence-electron chi connectivity index (χ4n) is 8.17. The zero-order chi connectivity index (χ0) is 33.7. The number of alkyl carbamates (subject to hydrolysis) is 1. The van der Waals surface area contributed by atoms with Crippen LogP contribution in [0.15, 0.2) is 48.1 Å². The van der Waals surface area contributed by atoms with Gasteiger partial charge in [0.05, 0.1) is 12.2 Å². The second kappa shape index (κ2) is 11.9. The summed E-state index contributed by atoms with van der Waals surface area (Å²) in [6, 6.07) is 5.85. The number of allylic oxidation sites excluding steroid dienone is 4. The predicted molar refractivity (Wildman–Crippen MR) is 153 cm³/mol. The SMILES string of the molecule is C[C@]12C=CC(=O)C=C1CC[C@H]1[C@@H]3C[C@@H](O)[C@](O)(C(=O)COC(=O)NCC(=O)Oc4ccccc4CO[N+](=O)[O-])[C@@]3(C)C[C@H](O)[C@@]12F. The summed E-state index contributed by atoms with van der Waals surface area (Å²) < 4.78 is 27.3. The third kappa shape index (κ3) is 5.15. The average Bonchev–Trinajstić information content (AvgIpc) is 3.20. The van der Waals surface area contributed by atoms with Gasteiger partial charge in [0.2, 0.25) is 5.78 Å². The van der Waals surface area contributed by atoms with E-state index in [-0.39, 0.29) is 36.4 Å². The maximum Gasteiger partial charge on any atom is 0.408 e. The van der Waals surface area contributed by atoms with Crippen LogP contribution in [0.2, 0.25) is 0 Å². The number of aliphatic hydroxyl groups excluding tert-OH is 2. The minimum atomic E-state index is -2.50. The summed E-state index contributed by atoms with van der Waals surface area (Å²) in [6.07, 6.45) is -0.379. The van der Waals surface area contributed by atoms with E-state index in [2.05, 4.69) is 10.2 Å². The lowest BCUT2D eigenvalue weighted by Gasteiger charge is -2.62. The van der Waals surface area contributed by atoms with E-state index in [4.69, 9.17) is 9.47 Å². The Labute approximate surface area is 262 Å². The Hall–Kier alpha value is -4.21. The van der Waals surface area contributed by atoms with Gasteiger partial charge in [-0.05, 0) is 56.7 Å². The standard InChI is InChI=1S/C31H35FN2O12/c1-28-10-9-19(35)11-18(28)7-8-20-21-12-23(36)31(41,29(21,2)13-24(37)30(20,28)32)25(38)16-44-27(40)33-14-26(39)46-22-6-4-3-5-17(22)15-45-34(42)43/h3-6,9-11,20-21,23-24,36-37,41H,7-8,12-16H2,1-2H3,(H,33,40)/t20-,21-,23+,24-,28-,29-,30-,31-/m0/s1. The van der Waals surface area contributed by atoms with E-state index >= 15 is 4.39 Å². The largest absolute Gasteiger partial charge is 0.441 e. The number of esters is 1. The zero-order valence-electron chi connectivity index (χ0n) is 25.1. The van der Waals surface area contributed by atoms with Crippen LogP contribution in [0.25, 0.3) is 0 Å². The molecule has 0 bridgehead atoms. The van der Waals surface area contributed by atoms with Crippen molar-refractivity contribution in [3.63, 3.8) is 0 Å². The first kappa shape index (κ1) is 33.2. The molecule has 3 saturated carbocycles. The van der Waals surface area contributed by atoms with Gasteiger partial charge in [-0.15, -0.1) is 10.1 Å². The Morgan fingerprint density at radius 2 is 1.87 bits per heavy atom. The number of aliphatic hydroxyl groups is 3. The van der Waals surface area contributed by atoms with Gasteiger partial charge in [0.15, 0.2) is 23.7 Å². The monoisotopic (exact) mass is 646 g/mol.